The van der Waals surface area contributed by atoms with Gasteiger partial charge in [-0.3, -0.25) is 9.59 Å². The zero-order valence-electron chi connectivity index (χ0n) is 12.0. The van der Waals surface area contributed by atoms with Gasteiger partial charge in [0.15, 0.2) is 0 Å². The van der Waals surface area contributed by atoms with Crippen LogP contribution in [0.4, 0.5) is 0 Å². The van der Waals surface area contributed by atoms with Crippen LogP contribution in [-0.2, 0) is 19.1 Å². The normalized spacial score (nSPS) is 23.3. The lowest BCUT2D eigenvalue weighted by atomic mass is 9.89. The first-order valence-corrected chi connectivity index (χ1v) is 7.75. The molecule has 0 N–H and O–H groups in total. The van der Waals surface area contributed by atoms with Crippen molar-refractivity contribution >= 4 is 11.9 Å². The molecule has 0 heterocycles. The molecule has 4 heteroatoms. The van der Waals surface area contributed by atoms with Gasteiger partial charge in [-0.05, 0) is 32.1 Å². The van der Waals surface area contributed by atoms with E-state index in [9.17, 15) is 9.59 Å². The number of hydrogen-bond acceptors (Lipinski definition) is 4. The fraction of sp³-hybridized carbons (Fsp3) is 0.750. The molecule has 112 valence electrons. The Bertz CT molecular complexity index is 355. The molecule has 1 atom stereocenters. The molecule has 0 aromatic heterocycles. The lowest BCUT2D eigenvalue weighted by Crippen LogP contribution is -2.24. The van der Waals surface area contributed by atoms with Gasteiger partial charge in [0, 0.05) is 0 Å². The van der Waals surface area contributed by atoms with Gasteiger partial charge < -0.3 is 9.47 Å². The molecule has 0 aliphatic heterocycles. The largest absolute Gasteiger partial charge is 0.462 e. The van der Waals surface area contributed by atoms with Crippen molar-refractivity contribution in [3.63, 3.8) is 0 Å². The van der Waals surface area contributed by atoms with Crippen molar-refractivity contribution in [2.45, 2.75) is 51.4 Å². The summed E-state index contributed by atoms with van der Waals surface area (Å²) in [5.74, 6) is -0.249. The second kappa shape index (κ2) is 8.08. The van der Waals surface area contributed by atoms with Crippen molar-refractivity contribution in [2.24, 2.45) is 11.8 Å². The predicted octanol–water partition coefficient (Wildman–Crippen LogP) is 3.01. The third kappa shape index (κ3) is 4.66. The molecule has 2 rings (SSSR count). The van der Waals surface area contributed by atoms with Crippen molar-refractivity contribution in [2.75, 3.05) is 13.2 Å². The molecule has 20 heavy (non-hydrogen) atoms. The van der Waals surface area contributed by atoms with Crippen LogP contribution in [0.3, 0.4) is 0 Å². The minimum Gasteiger partial charge on any atom is -0.462 e. The zero-order chi connectivity index (χ0) is 14.2. The molecule has 0 bridgehead atoms. The minimum atomic E-state index is -0.164. The minimum absolute atomic E-state index is 0.0194. The quantitative estimate of drug-likeness (QED) is 0.441. The average Bonchev–Trinajstić information content (AvgIpc) is 2.53. The summed E-state index contributed by atoms with van der Waals surface area (Å²) in [4.78, 5) is 23.5. The fourth-order valence-electron chi connectivity index (χ4n) is 2.87. The Labute approximate surface area is 120 Å². The number of rotatable bonds is 5. The Balaban J connectivity index is 1.57. The van der Waals surface area contributed by atoms with Crippen LogP contribution in [0.25, 0.3) is 0 Å². The Kier molecular flexibility index (Phi) is 6.09. The van der Waals surface area contributed by atoms with Gasteiger partial charge in [-0.25, -0.2) is 0 Å². The summed E-state index contributed by atoms with van der Waals surface area (Å²) in [7, 11) is 0. The lowest BCUT2D eigenvalue weighted by molar-refractivity contribution is -0.158. The van der Waals surface area contributed by atoms with Gasteiger partial charge in [-0.15, -0.1) is 0 Å². The molecule has 0 aromatic rings. The first-order valence-electron chi connectivity index (χ1n) is 7.75. The van der Waals surface area contributed by atoms with E-state index in [-0.39, 0.29) is 37.0 Å². The van der Waals surface area contributed by atoms with Crippen LogP contribution < -0.4 is 0 Å². The molecular weight excluding hydrogens is 256 g/mol. The summed E-state index contributed by atoms with van der Waals surface area (Å²) in [6.45, 7) is 0.362. The van der Waals surface area contributed by atoms with Crippen LogP contribution >= 0.6 is 0 Å². The van der Waals surface area contributed by atoms with Crippen molar-refractivity contribution in [1.82, 2.24) is 0 Å². The molecule has 0 amide bonds. The van der Waals surface area contributed by atoms with E-state index in [2.05, 4.69) is 6.08 Å². The first-order chi connectivity index (χ1) is 9.77. The third-order valence-electron chi connectivity index (χ3n) is 4.11. The van der Waals surface area contributed by atoms with Crippen LogP contribution in [0.2, 0.25) is 0 Å². The molecule has 0 radical (unpaired) electrons. The van der Waals surface area contributed by atoms with Crippen molar-refractivity contribution in [3.05, 3.63) is 12.2 Å². The van der Waals surface area contributed by atoms with E-state index in [0.29, 0.717) is 0 Å². The van der Waals surface area contributed by atoms with E-state index in [1.54, 1.807) is 0 Å². The summed E-state index contributed by atoms with van der Waals surface area (Å²) in [5, 5.41) is 0. The number of ether oxygens (including phenoxy) is 2. The van der Waals surface area contributed by atoms with Crippen LogP contribution in [0.15, 0.2) is 12.2 Å². The van der Waals surface area contributed by atoms with Crippen molar-refractivity contribution in [3.8, 4) is 0 Å². The van der Waals surface area contributed by atoms with Crippen LogP contribution in [0.1, 0.15) is 51.4 Å². The third-order valence-corrected chi connectivity index (χ3v) is 4.11. The predicted molar refractivity (Wildman–Crippen MR) is 75.0 cm³/mol. The number of carbonyl (C=O) groups excluding carboxylic acids is 2. The molecule has 0 spiro atoms. The summed E-state index contributed by atoms with van der Waals surface area (Å²) in [6, 6.07) is 0. The van der Waals surface area contributed by atoms with Gasteiger partial charge in [-0.1, -0.05) is 31.4 Å². The molecule has 1 fully saturated rings. The standard InChI is InChI=1S/C16H24O4/c17-15(13-7-3-1-4-8-13)19-11-12-20-16(18)14-9-5-2-6-10-14/h1,3,13-14H,2,4-12H2/t13-/m0/s1. The van der Waals surface area contributed by atoms with Crippen LogP contribution in [-0.4, -0.2) is 25.2 Å². The lowest BCUT2D eigenvalue weighted by Gasteiger charge is -2.20. The van der Waals surface area contributed by atoms with E-state index in [1.807, 2.05) is 6.08 Å². The molecule has 2 aliphatic carbocycles. The SMILES string of the molecule is O=C(OCCOC(=O)[C@H]1CC=CCC1)C1CCCCC1. The van der Waals surface area contributed by atoms with E-state index in [0.717, 1.165) is 44.9 Å². The van der Waals surface area contributed by atoms with Gasteiger partial charge in [-0.2, -0.15) is 0 Å². The maximum atomic E-state index is 11.8. The fourth-order valence-corrected chi connectivity index (χ4v) is 2.87. The van der Waals surface area contributed by atoms with E-state index >= 15 is 0 Å². The van der Waals surface area contributed by atoms with Gasteiger partial charge in [0.2, 0.25) is 0 Å². The van der Waals surface area contributed by atoms with E-state index < -0.39 is 0 Å². The second-order valence-electron chi connectivity index (χ2n) is 5.65. The summed E-state index contributed by atoms with van der Waals surface area (Å²) in [5.41, 5.74) is 0. The highest BCUT2D eigenvalue weighted by Gasteiger charge is 2.23. The molecule has 0 aromatic carbocycles. The Morgan fingerprint density at radius 3 is 2.10 bits per heavy atom. The Morgan fingerprint density at radius 2 is 1.50 bits per heavy atom. The molecule has 2 aliphatic rings. The number of carbonyl (C=O) groups is 2. The molecule has 4 nitrogen and oxygen atoms in total. The summed E-state index contributed by atoms with van der Waals surface area (Å²) < 4.78 is 10.4. The molecular formula is C16H24O4. The highest BCUT2D eigenvalue weighted by molar-refractivity contribution is 5.73. The van der Waals surface area contributed by atoms with Gasteiger partial charge in [0.25, 0.3) is 0 Å². The second-order valence-corrected chi connectivity index (χ2v) is 5.65. The van der Waals surface area contributed by atoms with Gasteiger partial charge >= 0.3 is 11.9 Å². The molecule has 0 unspecified atom stereocenters. The zero-order valence-corrected chi connectivity index (χ0v) is 12.0. The maximum Gasteiger partial charge on any atom is 0.309 e. The van der Waals surface area contributed by atoms with E-state index in [4.69, 9.17) is 9.47 Å². The molecule has 0 saturated heterocycles. The topological polar surface area (TPSA) is 52.6 Å². The summed E-state index contributed by atoms with van der Waals surface area (Å²) in [6.07, 6.45) is 12.0. The van der Waals surface area contributed by atoms with Crippen molar-refractivity contribution < 1.29 is 19.1 Å². The first kappa shape index (κ1) is 15.1. The Hall–Kier alpha value is -1.32. The average molecular weight is 280 g/mol. The van der Waals surface area contributed by atoms with Crippen LogP contribution in [0, 0.1) is 11.8 Å². The van der Waals surface area contributed by atoms with Crippen molar-refractivity contribution in [1.29, 1.82) is 0 Å². The highest BCUT2D eigenvalue weighted by atomic mass is 16.6. The maximum absolute atomic E-state index is 11.8. The monoisotopic (exact) mass is 280 g/mol. The number of allylic oxidation sites excluding steroid dienone is 2. The highest BCUT2D eigenvalue weighted by Crippen LogP contribution is 2.24. The van der Waals surface area contributed by atoms with E-state index in [1.165, 1.54) is 6.42 Å². The summed E-state index contributed by atoms with van der Waals surface area (Å²) >= 11 is 0. The molecule has 1 saturated carbocycles. The van der Waals surface area contributed by atoms with Gasteiger partial charge in [0.05, 0.1) is 11.8 Å². The Morgan fingerprint density at radius 1 is 0.850 bits per heavy atom. The van der Waals surface area contributed by atoms with Gasteiger partial charge in [0.1, 0.15) is 13.2 Å². The number of hydrogen-bond donors (Lipinski definition) is 0. The number of esters is 2. The smallest absolute Gasteiger partial charge is 0.309 e. The van der Waals surface area contributed by atoms with Crippen LogP contribution in [0.5, 0.6) is 0 Å².